The lowest BCUT2D eigenvalue weighted by atomic mass is 9.84. The maximum Gasteiger partial charge on any atom is 0.329 e. The van der Waals surface area contributed by atoms with Crippen molar-refractivity contribution in [2.75, 3.05) is 60.9 Å². The molecule has 326 valence electrons. The van der Waals surface area contributed by atoms with Gasteiger partial charge in [0.1, 0.15) is 6.04 Å². The number of ketones is 1. The van der Waals surface area contributed by atoms with Gasteiger partial charge in [-0.2, -0.15) is 0 Å². The summed E-state index contributed by atoms with van der Waals surface area (Å²) in [6, 6.07) is -2.78. The molecule has 0 aromatic rings. The second kappa shape index (κ2) is 29.8. The zero-order chi connectivity index (χ0) is 42.6. The number of hydrogen-bond donors (Lipinski definition) is 11. The van der Waals surface area contributed by atoms with Crippen LogP contribution in [0.3, 0.4) is 0 Å². The summed E-state index contributed by atoms with van der Waals surface area (Å²) in [6.45, 7) is 13.6. The molecule has 56 heavy (non-hydrogen) atoms. The van der Waals surface area contributed by atoms with E-state index in [1.165, 1.54) is 0 Å². The summed E-state index contributed by atoms with van der Waals surface area (Å²) in [5, 5.41) is 26.8. The third-order valence-electron chi connectivity index (χ3n) is 9.04. The first-order chi connectivity index (χ1) is 26.4. The van der Waals surface area contributed by atoms with Gasteiger partial charge in [-0.25, -0.2) is 10.2 Å². The van der Waals surface area contributed by atoms with E-state index in [1.54, 1.807) is 34.9 Å². The molecule has 4 atom stereocenters. The maximum absolute atomic E-state index is 13.4. The van der Waals surface area contributed by atoms with Crippen molar-refractivity contribution in [1.82, 2.24) is 58.7 Å². The first kappa shape index (κ1) is 52.6. The summed E-state index contributed by atoms with van der Waals surface area (Å²) in [5.74, 6) is -1.38. The van der Waals surface area contributed by atoms with Gasteiger partial charge in [-0.15, -0.1) is 0 Å². The van der Waals surface area contributed by atoms with E-state index >= 15 is 0 Å². The average Bonchev–Trinajstić information content (AvgIpc) is 3.12. The molecule has 0 aromatic carbocycles. The molecule has 0 fully saturated rings. The minimum Gasteiger partial charge on any atom is -0.354 e. The Labute approximate surface area is 337 Å². The van der Waals surface area contributed by atoms with Crippen LogP contribution in [0.5, 0.6) is 0 Å². The minimum absolute atomic E-state index is 0.122. The number of rotatable bonds is 31. The fraction of sp³-hybridized carbons (Fsp3) is 0.846. The smallest absolute Gasteiger partial charge is 0.329 e. The van der Waals surface area contributed by atoms with E-state index < -0.39 is 35.5 Å². The van der Waals surface area contributed by atoms with Crippen LogP contribution in [0, 0.1) is 5.41 Å². The lowest BCUT2D eigenvalue weighted by molar-refractivity contribution is -0.133. The van der Waals surface area contributed by atoms with Crippen molar-refractivity contribution in [2.45, 2.75) is 148 Å². The first-order valence-electron chi connectivity index (χ1n) is 20.5. The Kier molecular flexibility index (Phi) is 28.0. The molecule has 17 nitrogen and oxygen atoms in total. The van der Waals surface area contributed by atoms with Gasteiger partial charge in [-0.1, -0.05) is 33.6 Å². The molecule has 4 unspecified atom stereocenters. The fourth-order valence-corrected chi connectivity index (χ4v) is 6.01. The van der Waals surface area contributed by atoms with E-state index in [0.29, 0.717) is 64.5 Å². The highest BCUT2D eigenvalue weighted by Crippen LogP contribution is 2.19. The van der Waals surface area contributed by atoms with Gasteiger partial charge in [0.2, 0.25) is 23.6 Å². The van der Waals surface area contributed by atoms with Crippen molar-refractivity contribution in [3.05, 3.63) is 0 Å². The van der Waals surface area contributed by atoms with Crippen LogP contribution < -0.4 is 58.7 Å². The SMILES string of the molecule is CNCCCCC(NC)C(=O)NC(CCCCNC(=O)NNC)C(=O)NCCCCC(NC(=O)CNC(=O)C(CCCCNC)NC(C)(C)C)C(=O)C(C)(C)C. The second-order valence-corrected chi connectivity index (χ2v) is 16.4. The van der Waals surface area contributed by atoms with Crippen molar-refractivity contribution in [2.24, 2.45) is 5.41 Å². The van der Waals surface area contributed by atoms with Crippen molar-refractivity contribution >= 4 is 35.4 Å². The third kappa shape index (κ3) is 25.7. The molecule has 0 aliphatic heterocycles. The van der Waals surface area contributed by atoms with Crippen LogP contribution in [0.4, 0.5) is 4.79 Å². The Morgan fingerprint density at radius 3 is 1.48 bits per heavy atom. The lowest BCUT2D eigenvalue weighted by Gasteiger charge is -2.28. The first-order valence-corrected chi connectivity index (χ1v) is 20.5. The van der Waals surface area contributed by atoms with Gasteiger partial charge in [-0.3, -0.25) is 29.4 Å². The predicted molar refractivity (Wildman–Crippen MR) is 223 cm³/mol. The summed E-state index contributed by atoms with van der Waals surface area (Å²) in [7, 11) is 7.09. The molecule has 0 aromatic heterocycles. The van der Waals surface area contributed by atoms with E-state index in [9.17, 15) is 28.8 Å². The highest BCUT2D eigenvalue weighted by atomic mass is 16.2. The molecular weight excluding hydrogens is 718 g/mol. The number of likely N-dealkylation sites (N-methyl/N-ethyl adjacent to an activating group) is 1. The maximum atomic E-state index is 13.4. The number of nitrogens with one attached hydrogen (secondary N) is 11. The van der Waals surface area contributed by atoms with Crippen LogP contribution in [0.2, 0.25) is 0 Å². The summed E-state index contributed by atoms with van der Waals surface area (Å²) in [6.07, 6.45) is 7.82. The van der Waals surface area contributed by atoms with Crippen molar-refractivity contribution in [3.8, 4) is 0 Å². The van der Waals surface area contributed by atoms with E-state index in [4.69, 9.17) is 0 Å². The summed E-state index contributed by atoms with van der Waals surface area (Å²) in [5.41, 5.74) is 3.99. The Morgan fingerprint density at radius 1 is 0.500 bits per heavy atom. The van der Waals surface area contributed by atoms with Gasteiger partial charge >= 0.3 is 6.03 Å². The van der Waals surface area contributed by atoms with E-state index in [1.807, 2.05) is 34.9 Å². The van der Waals surface area contributed by atoms with Crippen LogP contribution in [-0.4, -0.2) is 126 Å². The summed E-state index contributed by atoms with van der Waals surface area (Å²) in [4.78, 5) is 77.7. The monoisotopic (exact) mass is 798 g/mol. The molecule has 11 N–H and O–H groups in total. The van der Waals surface area contributed by atoms with Crippen LogP contribution >= 0.6 is 0 Å². The Balaban J connectivity index is 5.34. The van der Waals surface area contributed by atoms with Crippen LogP contribution in [0.1, 0.15) is 119 Å². The Morgan fingerprint density at radius 2 is 0.982 bits per heavy atom. The summed E-state index contributed by atoms with van der Waals surface area (Å²) >= 11 is 0. The molecular formula is C39H79N11O6. The standard InChI is InChI=1S/C39H79N11O6/c1-38(2,3)33(52)28(47-32(51)27-46-35(54)31(49-39(4,5)6)22-12-16-24-41-8)19-13-17-25-44-34(53)30(21-14-18-26-45-37(56)50-43-10)48-36(55)29(42-9)20-11-15-23-40-7/h28-31,40-43,49H,11-27H2,1-10H3,(H,44,53)(H,46,54)(H,47,51)(H,48,55)(H2,45,50,56). The van der Waals surface area contributed by atoms with Gasteiger partial charge in [-0.05, 0) is 119 Å². The van der Waals surface area contributed by atoms with Crippen LogP contribution in [0.15, 0.2) is 0 Å². The molecule has 0 aliphatic rings. The third-order valence-corrected chi connectivity index (χ3v) is 9.04. The molecule has 0 saturated carbocycles. The molecule has 0 bridgehead atoms. The van der Waals surface area contributed by atoms with Gasteiger partial charge in [0.15, 0.2) is 5.78 Å². The van der Waals surface area contributed by atoms with Gasteiger partial charge < -0.3 is 47.9 Å². The highest BCUT2D eigenvalue weighted by molar-refractivity contribution is 5.94. The quantitative estimate of drug-likeness (QED) is 0.0345. The molecule has 6 amide bonds. The van der Waals surface area contributed by atoms with Gasteiger partial charge in [0.05, 0.1) is 24.7 Å². The number of unbranched alkanes of at least 4 members (excludes halogenated alkanes) is 4. The lowest BCUT2D eigenvalue weighted by Crippen LogP contribution is -2.54. The topological polar surface area (TPSA) is 235 Å². The largest absolute Gasteiger partial charge is 0.354 e. The number of carbonyl (C=O) groups excluding carboxylic acids is 6. The van der Waals surface area contributed by atoms with Crippen LogP contribution in [0.25, 0.3) is 0 Å². The number of hydrazine groups is 1. The number of carbonyl (C=O) groups is 6. The number of hydrogen-bond acceptors (Lipinski definition) is 11. The molecule has 0 heterocycles. The minimum atomic E-state index is -0.766. The van der Waals surface area contributed by atoms with Crippen LogP contribution in [-0.2, 0) is 24.0 Å². The number of Topliss-reactive ketones (excluding diaryl/α,β-unsaturated/α-hetero) is 1. The second-order valence-electron chi connectivity index (χ2n) is 16.4. The van der Waals surface area contributed by atoms with Gasteiger partial charge in [0.25, 0.3) is 0 Å². The number of urea groups is 1. The predicted octanol–water partition coefficient (Wildman–Crippen LogP) is 0.702. The molecule has 0 rings (SSSR count). The van der Waals surface area contributed by atoms with Gasteiger partial charge in [0, 0.05) is 31.1 Å². The van der Waals surface area contributed by atoms with Crippen molar-refractivity contribution in [1.29, 1.82) is 0 Å². The highest BCUT2D eigenvalue weighted by Gasteiger charge is 2.31. The Bertz CT molecular complexity index is 1160. The average molecular weight is 798 g/mol. The Hall–Kier alpha value is -3.38. The normalized spacial score (nSPS) is 13.8. The van der Waals surface area contributed by atoms with Crippen molar-refractivity contribution < 1.29 is 28.8 Å². The molecule has 0 aliphatic carbocycles. The molecule has 0 spiro atoms. The molecule has 0 radical (unpaired) electrons. The summed E-state index contributed by atoms with van der Waals surface area (Å²) < 4.78 is 0. The fourth-order valence-electron chi connectivity index (χ4n) is 6.01. The van der Waals surface area contributed by atoms with E-state index in [0.717, 1.165) is 38.8 Å². The van der Waals surface area contributed by atoms with Crippen molar-refractivity contribution in [3.63, 3.8) is 0 Å². The molecule has 0 saturated heterocycles. The number of amides is 6. The zero-order valence-corrected chi connectivity index (χ0v) is 36.3. The zero-order valence-electron chi connectivity index (χ0n) is 36.3. The van der Waals surface area contributed by atoms with E-state index in [2.05, 4.69) is 58.7 Å². The van der Waals surface area contributed by atoms with E-state index in [-0.39, 0.29) is 41.6 Å². The molecule has 17 heteroatoms.